The molecule has 6 heteroatoms. The van der Waals surface area contributed by atoms with Crippen molar-refractivity contribution in [2.75, 3.05) is 0 Å². The van der Waals surface area contributed by atoms with Crippen LogP contribution in [0.25, 0.3) is 0 Å². The zero-order chi connectivity index (χ0) is 14.9. The maximum Gasteiger partial charge on any atom is 0.416 e. The Labute approximate surface area is 121 Å². The zero-order valence-electron chi connectivity index (χ0n) is 10.1. The van der Waals surface area contributed by atoms with Crippen LogP contribution in [0.1, 0.15) is 22.7 Å². The van der Waals surface area contributed by atoms with Gasteiger partial charge in [0.05, 0.1) is 16.1 Å². The Morgan fingerprint density at radius 2 is 1.70 bits per heavy atom. The van der Waals surface area contributed by atoms with E-state index in [4.69, 9.17) is 5.73 Å². The molecule has 0 spiro atoms. The fourth-order valence-electron chi connectivity index (χ4n) is 1.91. The van der Waals surface area contributed by atoms with Crippen LogP contribution in [0, 0.1) is 5.82 Å². The van der Waals surface area contributed by atoms with Crippen LogP contribution in [0.3, 0.4) is 0 Å². The van der Waals surface area contributed by atoms with Gasteiger partial charge in [-0.2, -0.15) is 13.2 Å². The minimum atomic E-state index is -4.50. The van der Waals surface area contributed by atoms with E-state index in [-0.39, 0.29) is 15.6 Å². The molecule has 1 nitrogen and oxygen atoms in total. The van der Waals surface area contributed by atoms with Crippen molar-refractivity contribution in [3.05, 3.63) is 69.4 Å². The molecule has 0 aromatic heterocycles. The molecular weight excluding hydrogens is 338 g/mol. The van der Waals surface area contributed by atoms with Crippen LogP contribution in [0.15, 0.2) is 46.9 Å². The lowest BCUT2D eigenvalue weighted by Gasteiger charge is -2.18. The molecule has 0 amide bonds. The second-order valence-corrected chi connectivity index (χ2v) is 5.09. The molecule has 0 heterocycles. The highest BCUT2D eigenvalue weighted by Crippen LogP contribution is 2.36. The van der Waals surface area contributed by atoms with Gasteiger partial charge in [0.2, 0.25) is 0 Å². The van der Waals surface area contributed by atoms with E-state index in [1.807, 2.05) is 0 Å². The van der Waals surface area contributed by atoms with E-state index in [1.165, 1.54) is 30.3 Å². The molecule has 2 N–H and O–H groups in total. The quantitative estimate of drug-likeness (QED) is 0.786. The van der Waals surface area contributed by atoms with E-state index in [0.29, 0.717) is 0 Å². The van der Waals surface area contributed by atoms with Gasteiger partial charge in [-0.05, 0) is 45.3 Å². The minimum Gasteiger partial charge on any atom is -0.320 e. The number of hydrogen-bond donors (Lipinski definition) is 1. The van der Waals surface area contributed by atoms with Gasteiger partial charge in [0.15, 0.2) is 0 Å². The Morgan fingerprint density at radius 3 is 2.30 bits per heavy atom. The Morgan fingerprint density at radius 1 is 1.05 bits per heavy atom. The first-order valence-corrected chi connectivity index (χ1v) is 6.46. The highest BCUT2D eigenvalue weighted by molar-refractivity contribution is 9.10. The van der Waals surface area contributed by atoms with Gasteiger partial charge >= 0.3 is 6.18 Å². The third-order valence-corrected chi connectivity index (χ3v) is 3.55. The van der Waals surface area contributed by atoms with Crippen LogP contribution >= 0.6 is 15.9 Å². The lowest BCUT2D eigenvalue weighted by atomic mass is 9.95. The van der Waals surface area contributed by atoms with Crippen molar-refractivity contribution in [3.8, 4) is 0 Å². The molecule has 2 rings (SSSR count). The van der Waals surface area contributed by atoms with Crippen LogP contribution in [-0.2, 0) is 6.18 Å². The van der Waals surface area contributed by atoms with Gasteiger partial charge in [0, 0.05) is 0 Å². The Kier molecular flexibility index (Phi) is 4.15. The van der Waals surface area contributed by atoms with Crippen molar-refractivity contribution in [2.45, 2.75) is 12.2 Å². The highest BCUT2D eigenvalue weighted by atomic mass is 79.9. The summed E-state index contributed by atoms with van der Waals surface area (Å²) in [5, 5.41) is 0. The zero-order valence-corrected chi connectivity index (χ0v) is 11.7. The SMILES string of the molecule is NC(c1ccc(Br)c(F)c1)c1ccccc1C(F)(F)F. The molecule has 0 radical (unpaired) electrons. The molecule has 2 aromatic carbocycles. The summed E-state index contributed by atoms with van der Waals surface area (Å²) in [6.45, 7) is 0. The van der Waals surface area contributed by atoms with E-state index in [2.05, 4.69) is 15.9 Å². The lowest BCUT2D eigenvalue weighted by molar-refractivity contribution is -0.138. The predicted octanol–water partition coefficient (Wildman–Crippen LogP) is 4.66. The van der Waals surface area contributed by atoms with Crippen molar-refractivity contribution >= 4 is 15.9 Å². The first-order valence-electron chi connectivity index (χ1n) is 5.67. The molecule has 0 aliphatic rings. The maximum absolute atomic E-state index is 13.5. The number of hydrogen-bond acceptors (Lipinski definition) is 1. The van der Waals surface area contributed by atoms with Crippen LogP contribution < -0.4 is 5.73 Å². The van der Waals surface area contributed by atoms with Crippen LogP contribution in [-0.4, -0.2) is 0 Å². The fraction of sp³-hybridized carbons (Fsp3) is 0.143. The molecule has 0 aliphatic heterocycles. The number of halogens is 5. The number of rotatable bonds is 2. The normalized spacial score (nSPS) is 13.3. The van der Waals surface area contributed by atoms with Gasteiger partial charge in [0.1, 0.15) is 5.82 Å². The van der Waals surface area contributed by atoms with E-state index in [0.717, 1.165) is 12.1 Å². The molecule has 0 fully saturated rings. The third-order valence-electron chi connectivity index (χ3n) is 2.90. The monoisotopic (exact) mass is 347 g/mol. The summed E-state index contributed by atoms with van der Waals surface area (Å²) in [5.41, 5.74) is 5.24. The van der Waals surface area contributed by atoms with Gasteiger partial charge in [-0.3, -0.25) is 0 Å². The van der Waals surface area contributed by atoms with Crippen molar-refractivity contribution in [1.82, 2.24) is 0 Å². The topological polar surface area (TPSA) is 26.0 Å². The first-order chi connectivity index (χ1) is 9.30. The Balaban J connectivity index is 2.48. The molecule has 0 saturated heterocycles. The average molecular weight is 348 g/mol. The van der Waals surface area contributed by atoms with Crippen molar-refractivity contribution in [3.63, 3.8) is 0 Å². The van der Waals surface area contributed by atoms with Gasteiger partial charge in [-0.1, -0.05) is 24.3 Å². The fourth-order valence-corrected chi connectivity index (χ4v) is 2.16. The van der Waals surface area contributed by atoms with E-state index < -0.39 is 23.6 Å². The predicted molar refractivity (Wildman–Crippen MR) is 71.6 cm³/mol. The van der Waals surface area contributed by atoms with E-state index in [9.17, 15) is 17.6 Å². The summed E-state index contributed by atoms with van der Waals surface area (Å²) in [7, 11) is 0. The standard InChI is InChI=1S/C14H10BrF4N/c15-11-6-5-8(7-12(11)16)13(20)9-3-1-2-4-10(9)14(17,18)19/h1-7,13H,20H2. The van der Waals surface area contributed by atoms with Gasteiger partial charge in [-0.15, -0.1) is 0 Å². The second-order valence-electron chi connectivity index (χ2n) is 4.24. The Bertz CT molecular complexity index is 625. The number of nitrogens with two attached hydrogens (primary N) is 1. The molecule has 2 aromatic rings. The summed E-state index contributed by atoms with van der Waals surface area (Å²) < 4.78 is 52.5. The largest absolute Gasteiger partial charge is 0.416 e. The average Bonchev–Trinajstić information content (AvgIpc) is 2.40. The summed E-state index contributed by atoms with van der Waals surface area (Å²) in [6.07, 6.45) is -4.50. The van der Waals surface area contributed by atoms with Crippen LogP contribution in [0.4, 0.5) is 17.6 Å². The molecule has 1 unspecified atom stereocenters. The number of benzene rings is 2. The van der Waals surface area contributed by atoms with Gasteiger partial charge in [0.25, 0.3) is 0 Å². The molecule has 20 heavy (non-hydrogen) atoms. The van der Waals surface area contributed by atoms with Crippen LogP contribution in [0.5, 0.6) is 0 Å². The molecule has 0 saturated carbocycles. The summed E-state index contributed by atoms with van der Waals surface area (Å²) in [4.78, 5) is 0. The first kappa shape index (κ1) is 15.0. The summed E-state index contributed by atoms with van der Waals surface area (Å²) >= 11 is 2.99. The number of alkyl halides is 3. The van der Waals surface area contributed by atoms with Crippen LogP contribution in [0.2, 0.25) is 0 Å². The lowest BCUT2D eigenvalue weighted by Crippen LogP contribution is -2.18. The molecule has 1 atom stereocenters. The summed E-state index contributed by atoms with van der Waals surface area (Å²) in [5.74, 6) is -0.567. The van der Waals surface area contributed by atoms with E-state index >= 15 is 0 Å². The molecule has 0 aliphatic carbocycles. The highest BCUT2D eigenvalue weighted by Gasteiger charge is 2.34. The Hall–Kier alpha value is -1.40. The molecule has 0 bridgehead atoms. The minimum absolute atomic E-state index is 0.0817. The van der Waals surface area contributed by atoms with Crippen molar-refractivity contribution in [2.24, 2.45) is 5.73 Å². The summed E-state index contributed by atoms with van der Waals surface area (Å²) in [6, 6.07) is 8.02. The maximum atomic E-state index is 13.5. The van der Waals surface area contributed by atoms with Crippen molar-refractivity contribution < 1.29 is 17.6 Å². The second kappa shape index (κ2) is 5.54. The molecular formula is C14H10BrF4N. The third kappa shape index (κ3) is 3.02. The van der Waals surface area contributed by atoms with Crippen molar-refractivity contribution in [1.29, 1.82) is 0 Å². The van der Waals surface area contributed by atoms with E-state index in [1.54, 1.807) is 0 Å². The molecule has 106 valence electrons. The van der Waals surface area contributed by atoms with Gasteiger partial charge < -0.3 is 5.73 Å². The van der Waals surface area contributed by atoms with Gasteiger partial charge in [-0.25, -0.2) is 4.39 Å². The smallest absolute Gasteiger partial charge is 0.320 e.